The molecule has 0 aliphatic carbocycles. The van der Waals surface area contributed by atoms with Crippen LogP contribution in [0.15, 0.2) is 71.2 Å². The number of aromatic nitrogens is 4. The molecular formula is C27H22ClF3N6OS. The van der Waals surface area contributed by atoms with E-state index in [0.717, 1.165) is 42.9 Å². The fraction of sp³-hybridized carbons (Fsp3) is 0.259. The van der Waals surface area contributed by atoms with Gasteiger partial charge in [0.05, 0.1) is 35.1 Å². The molecule has 1 saturated heterocycles. The number of halogens is 4. The molecule has 6 rings (SSSR count). The second kappa shape index (κ2) is 10.2. The van der Waals surface area contributed by atoms with Crippen molar-refractivity contribution in [2.75, 3.05) is 13.1 Å². The lowest BCUT2D eigenvalue weighted by molar-refractivity contribution is -0.138. The van der Waals surface area contributed by atoms with Gasteiger partial charge in [0.1, 0.15) is 0 Å². The summed E-state index contributed by atoms with van der Waals surface area (Å²) in [4.78, 5) is 23.8. The van der Waals surface area contributed by atoms with Gasteiger partial charge in [0, 0.05) is 41.9 Å². The number of alkyl halides is 3. The Labute approximate surface area is 231 Å². The lowest BCUT2D eigenvalue weighted by Crippen LogP contribution is -2.37. The average molecular weight is 571 g/mol. The molecule has 2 aromatic heterocycles. The van der Waals surface area contributed by atoms with Gasteiger partial charge in [-0.25, -0.2) is 4.98 Å². The number of rotatable bonds is 4. The number of aliphatic imine (C=N–C) groups is 1. The molecule has 0 unspecified atom stereocenters. The first-order valence-electron chi connectivity index (χ1n) is 12.3. The van der Waals surface area contributed by atoms with Gasteiger partial charge in [0.25, 0.3) is 5.91 Å². The number of amides is 1. The van der Waals surface area contributed by atoms with Crippen LogP contribution in [-0.4, -0.2) is 48.4 Å². The van der Waals surface area contributed by atoms with Crippen LogP contribution in [0.25, 0.3) is 17.0 Å². The van der Waals surface area contributed by atoms with Gasteiger partial charge >= 0.3 is 6.18 Å². The van der Waals surface area contributed by atoms with Crippen LogP contribution in [0.5, 0.6) is 0 Å². The van der Waals surface area contributed by atoms with E-state index in [0.29, 0.717) is 21.6 Å². The van der Waals surface area contributed by atoms with Gasteiger partial charge in [-0.2, -0.15) is 23.3 Å². The first kappa shape index (κ1) is 25.7. The van der Waals surface area contributed by atoms with Crippen LogP contribution in [0, 0.1) is 0 Å². The van der Waals surface area contributed by atoms with E-state index in [1.165, 1.54) is 28.6 Å². The standard InChI is InChI=1S/C27H22ClF3N6OS/c28-20-3-2-18(22(13-20)27(29,30)31)15-37-23-4-1-17(11-19(23)14-33-37)12-24-25(38)34-26(39-24)35-8-5-21(6-9-35)36-10-7-32-16-36/h1-4,7,10-14,16,21H,5-6,8-9,15H2. The molecule has 4 aromatic rings. The maximum Gasteiger partial charge on any atom is 0.416 e. The molecule has 2 aliphatic heterocycles. The third kappa shape index (κ3) is 5.33. The highest BCUT2D eigenvalue weighted by molar-refractivity contribution is 8.18. The van der Waals surface area contributed by atoms with Crippen LogP contribution in [0.4, 0.5) is 13.2 Å². The number of nitrogens with zero attached hydrogens (tertiary/aromatic N) is 6. The van der Waals surface area contributed by atoms with Gasteiger partial charge in [0.15, 0.2) is 5.17 Å². The topological polar surface area (TPSA) is 68.3 Å². The summed E-state index contributed by atoms with van der Waals surface area (Å²) in [6, 6.07) is 9.62. The van der Waals surface area contributed by atoms with Gasteiger partial charge in [-0.05, 0) is 66.1 Å². The number of benzene rings is 2. The first-order valence-corrected chi connectivity index (χ1v) is 13.5. The monoisotopic (exact) mass is 570 g/mol. The van der Waals surface area contributed by atoms with Gasteiger partial charge in [-0.3, -0.25) is 9.48 Å². The van der Waals surface area contributed by atoms with Crippen molar-refractivity contribution in [3.05, 3.63) is 87.9 Å². The Hall–Kier alpha value is -3.57. The number of piperidine rings is 1. The minimum atomic E-state index is -4.52. The highest BCUT2D eigenvalue weighted by Gasteiger charge is 2.34. The molecule has 12 heteroatoms. The van der Waals surface area contributed by atoms with Crippen LogP contribution >= 0.6 is 23.4 Å². The van der Waals surface area contributed by atoms with Crippen molar-refractivity contribution in [3.63, 3.8) is 0 Å². The summed E-state index contributed by atoms with van der Waals surface area (Å²) >= 11 is 7.17. The molecule has 0 spiro atoms. The Kier molecular flexibility index (Phi) is 6.72. The molecule has 39 heavy (non-hydrogen) atoms. The molecule has 4 heterocycles. The molecule has 1 amide bonds. The Morgan fingerprint density at radius 2 is 1.95 bits per heavy atom. The van der Waals surface area contributed by atoms with Crippen molar-refractivity contribution in [2.45, 2.75) is 31.6 Å². The molecule has 200 valence electrons. The van der Waals surface area contributed by atoms with Crippen LogP contribution in [0.3, 0.4) is 0 Å². The van der Waals surface area contributed by atoms with Crippen LogP contribution in [0.1, 0.15) is 35.6 Å². The predicted molar refractivity (Wildman–Crippen MR) is 145 cm³/mol. The number of thioether (sulfide) groups is 1. The summed E-state index contributed by atoms with van der Waals surface area (Å²) in [5, 5.41) is 5.81. The molecule has 0 bridgehead atoms. The lowest BCUT2D eigenvalue weighted by Gasteiger charge is -2.33. The summed E-state index contributed by atoms with van der Waals surface area (Å²) < 4.78 is 44.2. The fourth-order valence-corrected chi connectivity index (χ4v) is 6.10. The number of hydrogen-bond acceptors (Lipinski definition) is 5. The van der Waals surface area contributed by atoms with Crippen molar-refractivity contribution in [2.24, 2.45) is 4.99 Å². The summed E-state index contributed by atoms with van der Waals surface area (Å²) in [5.74, 6) is -0.273. The molecule has 0 radical (unpaired) electrons. The van der Waals surface area contributed by atoms with Crippen molar-refractivity contribution < 1.29 is 18.0 Å². The van der Waals surface area contributed by atoms with Crippen LogP contribution in [-0.2, 0) is 17.5 Å². The molecule has 0 atom stereocenters. The van der Waals surface area contributed by atoms with Crippen molar-refractivity contribution in [1.29, 1.82) is 0 Å². The van der Waals surface area contributed by atoms with E-state index >= 15 is 0 Å². The summed E-state index contributed by atoms with van der Waals surface area (Å²) in [6.45, 7) is 1.56. The first-order chi connectivity index (χ1) is 18.7. The zero-order valence-corrected chi connectivity index (χ0v) is 22.0. The average Bonchev–Trinajstić information content (AvgIpc) is 3.66. The number of amidine groups is 1. The highest BCUT2D eigenvalue weighted by Crippen LogP contribution is 2.35. The summed E-state index contributed by atoms with van der Waals surface area (Å²) in [7, 11) is 0. The number of carbonyl (C=O) groups is 1. The number of likely N-dealkylation sites (tertiary alicyclic amines) is 1. The Bertz CT molecular complexity index is 1600. The smallest absolute Gasteiger partial charge is 0.351 e. The second-order valence-electron chi connectivity index (χ2n) is 9.46. The second-order valence-corrected chi connectivity index (χ2v) is 10.9. The molecule has 2 aromatic carbocycles. The molecule has 1 fully saturated rings. The maximum absolute atomic E-state index is 13.5. The van der Waals surface area contributed by atoms with Crippen molar-refractivity contribution >= 4 is 51.4 Å². The SMILES string of the molecule is O=C1N=C(N2CCC(n3ccnc3)CC2)SC1=Cc1ccc2c(cnn2Cc2ccc(Cl)cc2C(F)(F)F)c1. The summed E-state index contributed by atoms with van der Waals surface area (Å²) in [5.41, 5.74) is 0.771. The van der Waals surface area contributed by atoms with Gasteiger partial charge in [-0.1, -0.05) is 23.7 Å². The number of carbonyl (C=O) groups excluding carboxylic acids is 1. The van der Waals surface area contributed by atoms with Gasteiger partial charge in [-0.15, -0.1) is 0 Å². The van der Waals surface area contributed by atoms with E-state index in [1.807, 2.05) is 24.7 Å². The lowest BCUT2D eigenvalue weighted by atomic mass is 10.1. The normalized spacial score (nSPS) is 17.9. The maximum atomic E-state index is 13.5. The third-order valence-corrected chi connectivity index (χ3v) is 8.23. The summed E-state index contributed by atoms with van der Waals surface area (Å²) in [6.07, 6.45) is 6.37. The van der Waals surface area contributed by atoms with Crippen LogP contribution in [0.2, 0.25) is 5.02 Å². The molecule has 0 N–H and O–H groups in total. The van der Waals surface area contributed by atoms with E-state index < -0.39 is 11.7 Å². The molecule has 0 saturated carbocycles. The Morgan fingerprint density at radius 1 is 1.13 bits per heavy atom. The highest BCUT2D eigenvalue weighted by atomic mass is 35.5. The largest absolute Gasteiger partial charge is 0.416 e. The van der Waals surface area contributed by atoms with Gasteiger partial charge in [0.2, 0.25) is 0 Å². The molecular weight excluding hydrogens is 549 g/mol. The quantitative estimate of drug-likeness (QED) is 0.271. The van der Waals surface area contributed by atoms with E-state index in [2.05, 4.69) is 24.5 Å². The van der Waals surface area contributed by atoms with Crippen molar-refractivity contribution in [1.82, 2.24) is 24.2 Å². The predicted octanol–water partition coefficient (Wildman–Crippen LogP) is 6.26. The van der Waals surface area contributed by atoms with E-state index in [9.17, 15) is 18.0 Å². The number of hydrogen-bond donors (Lipinski definition) is 0. The zero-order valence-electron chi connectivity index (χ0n) is 20.5. The van der Waals surface area contributed by atoms with E-state index in [4.69, 9.17) is 11.6 Å². The Morgan fingerprint density at radius 3 is 2.69 bits per heavy atom. The Balaban J connectivity index is 1.16. The minimum Gasteiger partial charge on any atom is -0.351 e. The van der Waals surface area contributed by atoms with Crippen LogP contribution < -0.4 is 0 Å². The van der Waals surface area contributed by atoms with E-state index in [-0.39, 0.29) is 23.0 Å². The van der Waals surface area contributed by atoms with Crippen molar-refractivity contribution in [3.8, 4) is 0 Å². The molecule has 7 nitrogen and oxygen atoms in total. The fourth-order valence-electron chi connectivity index (χ4n) is 4.96. The van der Waals surface area contributed by atoms with E-state index in [1.54, 1.807) is 24.5 Å². The number of fused-ring (bicyclic) bond motifs is 1. The third-order valence-electron chi connectivity index (χ3n) is 6.95. The number of imidazole rings is 1. The zero-order chi connectivity index (χ0) is 27.1. The minimum absolute atomic E-state index is 0.0273. The van der Waals surface area contributed by atoms with Gasteiger partial charge < -0.3 is 9.47 Å². The molecule has 2 aliphatic rings.